The maximum atomic E-state index is 11.4. The van der Waals surface area contributed by atoms with Crippen molar-refractivity contribution in [1.82, 2.24) is 5.32 Å². The topological polar surface area (TPSA) is 198 Å². The lowest BCUT2D eigenvalue weighted by Gasteiger charge is -2.46. The summed E-state index contributed by atoms with van der Waals surface area (Å²) in [6.07, 6.45) is -13.7. The first kappa shape index (κ1) is 21.4. The highest BCUT2D eigenvalue weighted by Gasteiger charge is 2.50. The van der Waals surface area contributed by atoms with Gasteiger partial charge in [-0.3, -0.25) is 4.79 Å². The van der Waals surface area contributed by atoms with Crippen LogP contribution in [0.4, 0.5) is 0 Å². The van der Waals surface area contributed by atoms with Gasteiger partial charge in [-0.1, -0.05) is 0 Å². The summed E-state index contributed by atoms with van der Waals surface area (Å²) in [6, 6.07) is -1.29. The highest BCUT2D eigenvalue weighted by atomic mass is 16.7. The van der Waals surface area contributed by atoms with Crippen LogP contribution in [0.15, 0.2) is 0 Å². The highest BCUT2D eigenvalue weighted by molar-refractivity contribution is 5.73. The van der Waals surface area contributed by atoms with Crippen LogP contribution in [0, 0.1) is 0 Å². The minimum absolute atomic E-state index is 0.581. The Morgan fingerprint density at radius 2 is 1.50 bits per heavy atom. The van der Waals surface area contributed by atoms with E-state index >= 15 is 0 Å². The molecular formula is C14H25NO11. The predicted octanol–water partition coefficient (Wildman–Crippen LogP) is -5.25. The van der Waals surface area contributed by atoms with E-state index in [0.29, 0.717) is 0 Å². The van der Waals surface area contributed by atoms with Gasteiger partial charge in [-0.25, -0.2) is 0 Å². The predicted molar refractivity (Wildman–Crippen MR) is 80.2 cm³/mol. The first-order valence-electron chi connectivity index (χ1n) is 8.06. The number of nitrogens with one attached hydrogen (secondary N) is 1. The van der Waals surface area contributed by atoms with Gasteiger partial charge in [0.25, 0.3) is 0 Å². The zero-order valence-electron chi connectivity index (χ0n) is 14.0. The van der Waals surface area contributed by atoms with Crippen molar-refractivity contribution in [2.24, 2.45) is 0 Å². The number of hydrogen-bond donors (Lipinski definition) is 8. The molecule has 2 heterocycles. The molecule has 0 saturated carbocycles. The Labute approximate surface area is 148 Å². The summed E-state index contributed by atoms with van der Waals surface area (Å²) in [5, 5.41) is 70.8. The van der Waals surface area contributed by atoms with Gasteiger partial charge in [-0.15, -0.1) is 0 Å². The van der Waals surface area contributed by atoms with Gasteiger partial charge in [0.2, 0.25) is 5.91 Å². The third-order valence-corrected chi connectivity index (χ3v) is 4.38. The molecule has 12 heteroatoms. The standard InChI is InChI=1S/C14H25NO11/c1-4(18)15-7-10(21)8(19)5(2-16)25-14(7)26-12-9(20)6(3-17)24-13(23)11(12)22/h5-14,16-17,19-23H,2-3H2,1H3,(H,15,18)/t5-,6-,7+,8+,9+,10-,11-,12+,13+,14+/m1/s1. The molecule has 26 heavy (non-hydrogen) atoms. The maximum Gasteiger partial charge on any atom is 0.217 e. The summed E-state index contributed by atoms with van der Waals surface area (Å²) in [5.74, 6) is -0.581. The molecule has 152 valence electrons. The summed E-state index contributed by atoms with van der Waals surface area (Å²) in [6.45, 7) is -0.199. The lowest BCUT2D eigenvalue weighted by atomic mass is 9.95. The second-order valence-electron chi connectivity index (χ2n) is 6.26. The van der Waals surface area contributed by atoms with E-state index in [0.717, 1.165) is 6.92 Å². The van der Waals surface area contributed by atoms with Gasteiger partial charge in [-0.2, -0.15) is 0 Å². The van der Waals surface area contributed by atoms with Gasteiger partial charge >= 0.3 is 0 Å². The molecule has 2 saturated heterocycles. The molecule has 0 aromatic rings. The molecule has 0 radical (unpaired) electrons. The first-order chi connectivity index (χ1) is 12.2. The molecule has 0 spiro atoms. The van der Waals surface area contributed by atoms with Crippen molar-refractivity contribution in [2.45, 2.75) is 68.3 Å². The summed E-state index contributed by atoms with van der Waals surface area (Å²) in [5.41, 5.74) is 0. The molecule has 2 fully saturated rings. The number of rotatable bonds is 5. The van der Waals surface area contributed by atoms with E-state index in [1.165, 1.54) is 0 Å². The molecule has 2 aliphatic rings. The minimum Gasteiger partial charge on any atom is -0.394 e. The van der Waals surface area contributed by atoms with Crippen LogP contribution in [0.5, 0.6) is 0 Å². The van der Waals surface area contributed by atoms with Crippen molar-refractivity contribution in [3.8, 4) is 0 Å². The van der Waals surface area contributed by atoms with Crippen LogP contribution in [-0.4, -0.2) is 116 Å². The van der Waals surface area contributed by atoms with Gasteiger partial charge in [0.15, 0.2) is 12.6 Å². The third-order valence-electron chi connectivity index (χ3n) is 4.38. The second kappa shape index (κ2) is 8.84. The lowest BCUT2D eigenvalue weighted by Crippen LogP contribution is -2.67. The Morgan fingerprint density at radius 1 is 0.923 bits per heavy atom. The Bertz CT molecular complexity index is 480. The zero-order chi connectivity index (χ0) is 19.6. The summed E-state index contributed by atoms with van der Waals surface area (Å²) in [4.78, 5) is 11.4. The van der Waals surface area contributed by atoms with E-state index in [-0.39, 0.29) is 0 Å². The molecule has 12 nitrogen and oxygen atoms in total. The summed E-state index contributed by atoms with van der Waals surface area (Å²) in [7, 11) is 0. The molecule has 0 aromatic heterocycles. The molecule has 10 atom stereocenters. The van der Waals surface area contributed by atoms with Gasteiger partial charge in [0, 0.05) is 6.92 Å². The fourth-order valence-corrected chi connectivity index (χ4v) is 2.97. The van der Waals surface area contributed by atoms with Gasteiger partial charge in [0.1, 0.15) is 48.8 Å². The van der Waals surface area contributed by atoms with Crippen molar-refractivity contribution in [3.05, 3.63) is 0 Å². The average Bonchev–Trinajstić information content (AvgIpc) is 2.60. The maximum absolute atomic E-state index is 11.4. The lowest BCUT2D eigenvalue weighted by molar-refractivity contribution is -0.341. The Kier molecular flexibility index (Phi) is 7.27. The van der Waals surface area contributed by atoms with Crippen LogP contribution in [0.3, 0.4) is 0 Å². The first-order valence-corrected chi connectivity index (χ1v) is 8.06. The number of carbonyl (C=O) groups is 1. The number of carbonyl (C=O) groups excluding carboxylic acids is 1. The quantitative estimate of drug-likeness (QED) is 0.226. The number of amides is 1. The van der Waals surface area contributed by atoms with E-state index < -0.39 is 80.5 Å². The van der Waals surface area contributed by atoms with E-state index in [9.17, 15) is 40.5 Å². The smallest absolute Gasteiger partial charge is 0.217 e. The number of ether oxygens (including phenoxy) is 3. The zero-order valence-corrected chi connectivity index (χ0v) is 14.0. The largest absolute Gasteiger partial charge is 0.394 e. The second-order valence-corrected chi connectivity index (χ2v) is 6.26. The van der Waals surface area contributed by atoms with Gasteiger partial charge in [0.05, 0.1) is 13.2 Å². The Hall–Kier alpha value is -0.930. The average molecular weight is 383 g/mol. The molecule has 0 unspecified atom stereocenters. The Morgan fingerprint density at radius 3 is 2.04 bits per heavy atom. The van der Waals surface area contributed by atoms with Gasteiger partial charge < -0.3 is 55.3 Å². The molecule has 2 aliphatic heterocycles. The summed E-state index contributed by atoms with van der Waals surface area (Å²) >= 11 is 0. The number of aliphatic hydroxyl groups is 7. The molecule has 0 bridgehead atoms. The van der Waals surface area contributed by atoms with Crippen LogP contribution in [0.2, 0.25) is 0 Å². The molecular weight excluding hydrogens is 358 g/mol. The fourth-order valence-electron chi connectivity index (χ4n) is 2.97. The van der Waals surface area contributed by atoms with E-state index in [1.54, 1.807) is 0 Å². The van der Waals surface area contributed by atoms with Crippen molar-refractivity contribution < 1.29 is 54.8 Å². The number of hydrogen-bond acceptors (Lipinski definition) is 11. The molecule has 0 aromatic carbocycles. The van der Waals surface area contributed by atoms with Crippen LogP contribution >= 0.6 is 0 Å². The summed E-state index contributed by atoms with van der Waals surface area (Å²) < 4.78 is 15.6. The van der Waals surface area contributed by atoms with Crippen LogP contribution < -0.4 is 5.32 Å². The van der Waals surface area contributed by atoms with E-state index in [1.807, 2.05) is 0 Å². The van der Waals surface area contributed by atoms with Crippen LogP contribution in [-0.2, 0) is 19.0 Å². The van der Waals surface area contributed by atoms with Crippen molar-refractivity contribution in [2.75, 3.05) is 13.2 Å². The normalized spacial score (nSPS) is 46.8. The highest BCUT2D eigenvalue weighted by Crippen LogP contribution is 2.28. The SMILES string of the molecule is CC(=O)N[C@@H]1[C@H](O[C@@H]2[C@@H](O)[C@@H](O)O[C@H](CO)[C@@H]2O)O[C@H](CO)[C@H](O)[C@@H]1O. The van der Waals surface area contributed by atoms with Crippen molar-refractivity contribution >= 4 is 5.91 Å². The van der Waals surface area contributed by atoms with Crippen LogP contribution in [0.25, 0.3) is 0 Å². The van der Waals surface area contributed by atoms with E-state index in [4.69, 9.17) is 14.2 Å². The van der Waals surface area contributed by atoms with Crippen molar-refractivity contribution in [1.29, 1.82) is 0 Å². The molecule has 0 aliphatic carbocycles. The van der Waals surface area contributed by atoms with Crippen molar-refractivity contribution in [3.63, 3.8) is 0 Å². The third kappa shape index (κ3) is 4.31. The molecule has 2 rings (SSSR count). The van der Waals surface area contributed by atoms with Gasteiger partial charge in [-0.05, 0) is 0 Å². The van der Waals surface area contributed by atoms with E-state index in [2.05, 4.69) is 5.32 Å². The fraction of sp³-hybridized carbons (Fsp3) is 0.929. The molecule has 1 amide bonds. The Balaban J connectivity index is 2.22. The minimum atomic E-state index is -1.77. The van der Waals surface area contributed by atoms with Crippen LogP contribution in [0.1, 0.15) is 6.92 Å². The monoisotopic (exact) mass is 383 g/mol. The number of aliphatic hydroxyl groups excluding tert-OH is 7. The molecule has 8 N–H and O–H groups in total.